The van der Waals surface area contributed by atoms with Gasteiger partial charge in [-0.3, -0.25) is 9.78 Å². The molecule has 1 N–H and O–H groups in total. The Balaban J connectivity index is 1.76. The fraction of sp³-hybridized carbons (Fsp3) is 0.120. The van der Waals surface area contributed by atoms with Gasteiger partial charge in [0.15, 0.2) is 0 Å². The van der Waals surface area contributed by atoms with Crippen molar-refractivity contribution in [1.29, 1.82) is 0 Å². The van der Waals surface area contributed by atoms with E-state index in [1.165, 1.54) is 0 Å². The third kappa shape index (κ3) is 4.27. The monoisotopic (exact) mass is 426 g/mol. The van der Waals surface area contributed by atoms with Crippen molar-refractivity contribution in [2.24, 2.45) is 5.10 Å². The molecular formula is C25H22N4O3. The maximum atomic E-state index is 13.1. The number of hydrazone groups is 1. The summed E-state index contributed by atoms with van der Waals surface area (Å²) in [6, 6.07) is 18.4. The lowest BCUT2D eigenvalue weighted by Gasteiger charge is -2.13. The van der Waals surface area contributed by atoms with E-state index < -0.39 is 0 Å². The van der Waals surface area contributed by atoms with Crippen LogP contribution in [0, 0.1) is 0 Å². The van der Waals surface area contributed by atoms with E-state index in [1.807, 2.05) is 55.5 Å². The fourth-order valence-corrected chi connectivity index (χ4v) is 3.35. The molecule has 0 bridgehead atoms. The Hall–Kier alpha value is -4.26. The molecule has 4 aromatic rings. The number of ether oxygens (including phenoxy) is 2. The molecule has 0 saturated heterocycles. The summed E-state index contributed by atoms with van der Waals surface area (Å²) in [5, 5.41) is 4.98. The number of amides is 1. The van der Waals surface area contributed by atoms with Crippen LogP contribution >= 0.6 is 0 Å². The number of fused-ring (bicyclic) bond motifs is 1. The summed E-state index contributed by atoms with van der Waals surface area (Å²) >= 11 is 0. The Morgan fingerprint density at radius 1 is 1.00 bits per heavy atom. The highest BCUT2D eigenvalue weighted by Crippen LogP contribution is 2.34. The zero-order valence-electron chi connectivity index (χ0n) is 18.0. The highest BCUT2D eigenvalue weighted by Gasteiger charge is 2.16. The van der Waals surface area contributed by atoms with E-state index in [0.717, 1.165) is 16.5 Å². The minimum Gasteiger partial charge on any atom is -0.497 e. The molecule has 2 heterocycles. The summed E-state index contributed by atoms with van der Waals surface area (Å²) < 4.78 is 10.8. The molecule has 0 saturated carbocycles. The lowest BCUT2D eigenvalue weighted by molar-refractivity contribution is 0.0956. The molecule has 32 heavy (non-hydrogen) atoms. The molecule has 0 aliphatic heterocycles. The predicted octanol–water partition coefficient (Wildman–Crippen LogP) is 4.47. The number of aromatic nitrogens is 2. The smallest absolute Gasteiger partial charge is 0.272 e. The van der Waals surface area contributed by atoms with Crippen molar-refractivity contribution in [3.63, 3.8) is 0 Å². The summed E-state index contributed by atoms with van der Waals surface area (Å²) in [6.07, 6.45) is 3.38. The Morgan fingerprint density at radius 2 is 1.84 bits per heavy atom. The van der Waals surface area contributed by atoms with Crippen LogP contribution in [0.15, 0.2) is 78.2 Å². The highest BCUT2D eigenvalue weighted by molar-refractivity contribution is 6.08. The van der Waals surface area contributed by atoms with E-state index in [1.54, 1.807) is 38.7 Å². The summed E-state index contributed by atoms with van der Waals surface area (Å²) in [4.78, 5) is 22.0. The minimum atomic E-state index is -0.333. The summed E-state index contributed by atoms with van der Waals surface area (Å²) in [5.41, 5.74) is 6.67. The molecule has 4 rings (SSSR count). The second-order valence-corrected chi connectivity index (χ2v) is 7.02. The van der Waals surface area contributed by atoms with Gasteiger partial charge in [-0.05, 0) is 37.3 Å². The molecule has 0 radical (unpaired) electrons. The summed E-state index contributed by atoms with van der Waals surface area (Å²) in [7, 11) is 3.18. The SMILES string of the molecule is COc1ccc(-c2cc(C(=O)N/N=C(/C)c3cccnc3)c3ccccc3n2)c(OC)c1. The van der Waals surface area contributed by atoms with Gasteiger partial charge in [-0.25, -0.2) is 10.4 Å². The predicted molar refractivity (Wildman–Crippen MR) is 124 cm³/mol. The van der Waals surface area contributed by atoms with Crippen LogP contribution in [0.4, 0.5) is 0 Å². The van der Waals surface area contributed by atoms with Gasteiger partial charge in [0, 0.05) is 35.0 Å². The van der Waals surface area contributed by atoms with E-state index in [0.29, 0.717) is 34.0 Å². The van der Waals surface area contributed by atoms with Crippen LogP contribution in [0.2, 0.25) is 0 Å². The quantitative estimate of drug-likeness (QED) is 0.363. The molecule has 1 amide bonds. The van der Waals surface area contributed by atoms with Gasteiger partial charge < -0.3 is 9.47 Å². The number of nitrogens with zero attached hydrogens (tertiary/aromatic N) is 3. The second-order valence-electron chi connectivity index (χ2n) is 7.02. The normalized spacial score (nSPS) is 11.3. The van der Waals surface area contributed by atoms with Crippen LogP contribution in [0.5, 0.6) is 11.5 Å². The molecule has 0 aliphatic carbocycles. The fourth-order valence-electron chi connectivity index (χ4n) is 3.35. The van der Waals surface area contributed by atoms with Gasteiger partial charge in [0.25, 0.3) is 5.91 Å². The molecule has 0 aliphatic rings. The number of carbonyl (C=O) groups excluding carboxylic acids is 1. The van der Waals surface area contributed by atoms with Gasteiger partial charge in [0.2, 0.25) is 0 Å². The minimum absolute atomic E-state index is 0.333. The topological polar surface area (TPSA) is 85.7 Å². The molecule has 0 atom stereocenters. The molecule has 0 spiro atoms. The number of para-hydroxylation sites is 1. The maximum Gasteiger partial charge on any atom is 0.272 e. The zero-order chi connectivity index (χ0) is 22.5. The zero-order valence-corrected chi connectivity index (χ0v) is 18.0. The van der Waals surface area contributed by atoms with Crippen molar-refractivity contribution >= 4 is 22.5 Å². The molecule has 160 valence electrons. The van der Waals surface area contributed by atoms with Crippen LogP contribution < -0.4 is 14.9 Å². The molecule has 2 aromatic heterocycles. The lowest BCUT2D eigenvalue weighted by Crippen LogP contribution is -2.20. The molecule has 7 heteroatoms. The van der Waals surface area contributed by atoms with Gasteiger partial charge in [-0.15, -0.1) is 0 Å². The Bertz CT molecular complexity index is 1300. The van der Waals surface area contributed by atoms with Crippen molar-refractivity contribution in [2.75, 3.05) is 14.2 Å². The number of hydrogen-bond acceptors (Lipinski definition) is 6. The van der Waals surface area contributed by atoms with E-state index in [-0.39, 0.29) is 5.91 Å². The molecular weight excluding hydrogens is 404 g/mol. The number of rotatable bonds is 6. The molecule has 7 nitrogen and oxygen atoms in total. The first-order valence-corrected chi connectivity index (χ1v) is 9.98. The number of methoxy groups -OCH3 is 2. The average Bonchev–Trinajstić information content (AvgIpc) is 2.86. The van der Waals surface area contributed by atoms with E-state index in [4.69, 9.17) is 14.5 Å². The van der Waals surface area contributed by atoms with Gasteiger partial charge in [-0.2, -0.15) is 5.10 Å². The number of benzene rings is 2. The van der Waals surface area contributed by atoms with Crippen LogP contribution in [0.1, 0.15) is 22.8 Å². The van der Waals surface area contributed by atoms with Crippen LogP contribution in [0.3, 0.4) is 0 Å². The van der Waals surface area contributed by atoms with E-state index >= 15 is 0 Å². The van der Waals surface area contributed by atoms with Gasteiger partial charge in [0.1, 0.15) is 11.5 Å². The molecule has 0 fully saturated rings. The van der Waals surface area contributed by atoms with Crippen molar-refractivity contribution < 1.29 is 14.3 Å². The number of nitrogens with one attached hydrogen (secondary N) is 1. The Labute approximate surface area is 185 Å². The first-order chi connectivity index (χ1) is 15.6. The summed E-state index contributed by atoms with van der Waals surface area (Å²) in [6.45, 7) is 1.82. The first-order valence-electron chi connectivity index (χ1n) is 9.98. The van der Waals surface area contributed by atoms with Gasteiger partial charge in [0.05, 0.1) is 36.7 Å². The van der Waals surface area contributed by atoms with Gasteiger partial charge >= 0.3 is 0 Å². The first kappa shape index (κ1) is 21.0. The van der Waals surface area contributed by atoms with Crippen molar-refractivity contribution in [3.05, 3.63) is 84.2 Å². The van der Waals surface area contributed by atoms with E-state index in [9.17, 15) is 4.79 Å². The largest absolute Gasteiger partial charge is 0.497 e. The third-order valence-corrected chi connectivity index (χ3v) is 5.05. The van der Waals surface area contributed by atoms with E-state index in [2.05, 4.69) is 15.5 Å². The maximum absolute atomic E-state index is 13.1. The molecule has 2 aromatic carbocycles. The van der Waals surface area contributed by atoms with Gasteiger partial charge in [-0.1, -0.05) is 24.3 Å². The molecule has 0 unspecified atom stereocenters. The van der Waals surface area contributed by atoms with Crippen molar-refractivity contribution in [1.82, 2.24) is 15.4 Å². The lowest BCUT2D eigenvalue weighted by atomic mass is 10.0. The van der Waals surface area contributed by atoms with Crippen molar-refractivity contribution in [3.8, 4) is 22.8 Å². The summed E-state index contributed by atoms with van der Waals surface area (Å²) in [5.74, 6) is 0.939. The van der Waals surface area contributed by atoms with Crippen LogP contribution in [0.25, 0.3) is 22.2 Å². The highest BCUT2D eigenvalue weighted by atomic mass is 16.5. The van der Waals surface area contributed by atoms with Crippen LogP contribution in [-0.4, -0.2) is 35.8 Å². The standard InChI is InChI=1S/C25H22N4O3/c1-16(17-7-6-12-26-15-17)28-29-25(30)21-14-23(27-22-9-5-4-8-19(21)22)20-11-10-18(31-2)13-24(20)32-3/h4-15H,1-3H3,(H,29,30)/b28-16-. The average molecular weight is 426 g/mol. The Kier molecular flexibility index (Phi) is 6.07. The number of carbonyl (C=O) groups is 1. The third-order valence-electron chi connectivity index (χ3n) is 5.05. The number of pyridine rings is 2. The van der Waals surface area contributed by atoms with Crippen LogP contribution in [-0.2, 0) is 0 Å². The second kappa shape index (κ2) is 9.26. The van der Waals surface area contributed by atoms with Crippen molar-refractivity contribution in [2.45, 2.75) is 6.92 Å². The Morgan fingerprint density at radius 3 is 2.59 bits per heavy atom. The number of hydrogen-bond donors (Lipinski definition) is 1.